The number of hydrogen-bond donors (Lipinski definition) is 0. The van der Waals surface area contributed by atoms with E-state index in [4.69, 9.17) is 16.0 Å². The van der Waals surface area contributed by atoms with Gasteiger partial charge in [0.25, 0.3) is 10.0 Å². The van der Waals surface area contributed by atoms with E-state index in [1.165, 1.54) is 4.31 Å². The number of sulfonamides is 1. The van der Waals surface area contributed by atoms with Gasteiger partial charge >= 0.3 is 0 Å². The van der Waals surface area contributed by atoms with Gasteiger partial charge in [-0.05, 0) is 55.2 Å². The lowest BCUT2D eigenvalue weighted by Gasteiger charge is -2.28. The molecule has 3 aromatic rings. The lowest BCUT2D eigenvalue weighted by atomic mass is 10.0. The number of piperidine rings is 1. The minimum Gasteiger partial charge on any atom is -0.435 e. The Morgan fingerprint density at radius 2 is 1.64 bits per heavy atom. The molecular weight excluding hydrogens is 396 g/mol. The topological polar surface area (TPSA) is 63.4 Å². The number of halogens is 1. The van der Waals surface area contributed by atoms with Crippen LogP contribution in [0.3, 0.4) is 0 Å². The standard InChI is InChI=1S/C21H21ClN2O3S/c1-15-11-13-24(14-12-15)28(25,26)21-19(16-7-9-18(22)10-8-16)27-20(23-21)17-5-3-2-4-6-17/h2-10,15H,11-14H2,1H3. The molecule has 7 heteroatoms. The van der Waals surface area contributed by atoms with Crippen LogP contribution >= 0.6 is 11.6 Å². The average molecular weight is 417 g/mol. The highest BCUT2D eigenvalue weighted by atomic mass is 35.5. The highest BCUT2D eigenvalue weighted by Crippen LogP contribution is 2.35. The fraction of sp³-hybridized carbons (Fsp3) is 0.286. The first kappa shape index (κ1) is 19.2. The van der Waals surface area contributed by atoms with Crippen LogP contribution in [0.25, 0.3) is 22.8 Å². The van der Waals surface area contributed by atoms with Crippen LogP contribution in [0.15, 0.2) is 64.0 Å². The Kier molecular flexibility index (Phi) is 5.27. The lowest BCUT2D eigenvalue weighted by molar-refractivity contribution is 0.287. The maximum Gasteiger partial charge on any atom is 0.264 e. The highest BCUT2D eigenvalue weighted by molar-refractivity contribution is 7.89. The number of oxazole rings is 1. The summed E-state index contributed by atoms with van der Waals surface area (Å²) in [6.07, 6.45) is 1.69. The van der Waals surface area contributed by atoms with Crippen LogP contribution in [0, 0.1) is 5.92 Å². The molecule has 0 radical (unpaired) electrons. The molecule has 28 heavy (non-hydrogen) atoms. The van der Waals surface area contributed by atoms with Crippen LogP contribution < -0.4 is 0 Å². The average Bonchev–Trinajstić information content (AvgIpc) is 3.16. The molecular formula is C21H21ClN2O3S. The summed E-state index contributed by atoms with van der Waals surface area (Å²) in [5, 5.41) is 0.532. The van der Waals surface area contributed by atoms with Crippen molar-refractivity contribution in [3.05, 3.63) is 59.6 Å². The van der Waals surface area contributed by atoms with E-state index < -0.39 is 10.0 Å². The van der Waals surface area contributed by atoms with Crippen LogP contribution in [0.2, 0.25) is 5.02 Å². The van der Waals surface area contributed by atoms with Crippen LogP contribution in [0.4, 0.5) is 0 Å². The molecule has 146 valence electrons. The Hall–Kier alpha value is -2.15. The number of nitrogens with zero attached hydrogens (tertiary/aromatic N) is 2. The summed E-state index contributed by atoms with van der Waals surface area (Å²) in [7, 11) is -3.77. The summed E-state index contributed by atoms with van der Waals surface area (Å²) in [4.78, 5) is 4.42. The van der Waals surface area contributed by atoms with Gasteiger partial charge in [0.2, 0.25) is 10.9 Å². The maximum atomic E-state index is 13.4. The van der Waals surface area contributed by atoms with Crippen molar-refractivity contribution in [2.45, 2.75) is 24.8 Å². The van der Waals surface area contributed by atoms with E-state index in [0.29, 0.717) is 29.6 Å². The van der Waals surface area contributed by atoms with E-state index in [-0.39, 0.29) is 16.7 Å². The number of aromatic nitrogens is 1. The zero-order valence-electron chi connectivity index (χ0n) is 15.5. The fourth-order valence-corrected chi connectivity index (χ4v) is 4.97. The molecule has 0 aliphatic carbocycles. The monoisotopic (exact) mass is 416 g/mol. The first-order chi connectivity index (χ1) is 13.4. The Labute approximate surface area is 170 Å². The van der Waals surface area contributed by atoms with Gasteiger partial charge in [-0.1, -0.05) is 36.7 Å². The zero-order valence-corrected chi connectivity index (χ0v) is 17.1. The summed E-state index contributed by atoms with van der Waals surface area (Å²) < 4.78 is 34.2. The molecule has 5 nitrogen and oxygen atoms in total. The Morgan fingerprint density at radius 1 is 1.00 bits per heavy atom. The second kappa shape index (κ2) is 7.70. The molecule has 1 fully saturated rings. The summed E-state index contributed by atoms with van der Waals surface area (Å²) in [5.74, 6) is 1.06. The summed E-state index contributed by atoms with van der Waals surface area (Å²) in [6, 6.07) is 16.2. The van der Waals surface area contributed by atoms with Crippen LogP contribution in [-0.2, 0) is 10.0 Å². The zero-order chi connectivity index (χ0) is 19.7. The van der Waals surface area contributed by atoms with Gasteiger partial charge in [-0.15, -0.1) is 0 Å². The Bertz CT molecular complexity index is 1050. The Morgan fingerprint density at radius 3 is 2.29 bits per heavy atom. The number of rotatable bonds is 4. The van der Waals surface area contributed by atoms with Gasteiger partial charge in [0.05, 0.1) is 0 Å². The van der Waals surface area contributed by atoms with Gasteiger partial charge < -0.3 is 4.42 Å². The van der Waals surface area contributed by atoms with Crippen LogP contribution in [0.5, 0.6) is 0 Å². The second-order valence-electron chi connectivity index (χ2n) is 7.11. The molecule has 1 saturated heterocycles. The van der Waals surface area contributed by atoms with E-state index in [0.717, 1.165) is 18.4 Å². The smallest absolute Gasteiger partial charge is 0.264 e. The first-order valence-corrected chi connectivity index (χ1v) is 11.1. The van der Waals surface area contributed by atoms with E-state index in [2.05, 4.69) is 11.9 Å². The summed E-state index contributed by atoms with van der Waals surface area (Å²) in [6.45, 7) is 3.14. The van der Waals surface area contributed by atoms with Crippen molar-refractivity contribution in [1.29, 1.82) is 0 Å². The molecule has 0 amide bonds. The Balaban J connectivity index is 1.82. The molecule has 0 N–H and O–H groups in total. The molecule has 1 aliphatic rings. The van der Waals surface area contributed by atoms with Crippen molar-refractivity contribution in [3.63, 3.8) is 0 Å². The summed E-state index contributed by atoms with van der Waals surface area (Å²) in [5.41, 5.74) is 1.36. The minimum absolute atomic E-state index is 0.0387. The molecule has 0 saturated carbocycles. The molecule has 0 unspecified atom stereocenters. The van der Waals surface area contributed by atoms with Crippen molar-refractivity contribution >= 4 is 21.6 Å². The third-order valence-corrected chi connectivity index (χ3v) is 7.11. The molecule has 1 aliphatic heterocycles. The molecule has 2 aromatic carbocycles. The maximum absolute atomic E-state index is 13.4. The van der Waals surface area contributed by atoms with Gasteiger partial charge in [-0.2, -0.15) is 9.29 Å². The normalized spacial score (nSPS) is 16.4. The second-order valence-corrected chi connectivity index (χ2v) is 9.40. The van der Waals surface area contributed by atoms with E-state index in [9.17, 15) is 8.42 Å². The van der Waals surface area contributed by atoms with Crippen molar-refractivity contribution in [3.8, 4) is 22.8 Å². The van der Waals surface area contributed by atoms with Gasteiger partial charge in [0.1, 0.15) is 0 Å². The van der Waals surface area contributed by atoms with Crippen molar-refractivity contribution in [2.24, 2.45) is 5.92 Å². The SMILES string of the molecule is CC1CCN(S(=O)(=O)c2nc(-c3ccccc3)oc2-c2ccc(Cl)cc2)CC1. The molecule has 4 rings (SSSR count). The van der Waals surface area contributed by atoms with Crippen molar-refractivity contribution in [1.82, 2.24) is 9.29 Å². The molecule has 0 bridgehead atoms. The first-order valence-electron chi connectivity index (χ1n) is 9.27. The fourth-order valence-electron chi connectivity index (χ4n) is 3.32. The molecule has 0 atom stereocenters. The van der Waals surface area contributed by atoms with Crippen molar-refractivity contribution in [2.75, 3.05) is 13.1 Å². The molecule has 1 aromatic heterocycles. The third-order valence-electron chi connectivity index (χ3n) is 5.05. The quantitative estimate of drug-likeness (QED) is 0.594. The minimum atomic E-state index is -3.77. The van der Waals surface area contributed by atoms with E-state index in [1.54, 1.807) is 24.3 Å². The van der Waals surface area contributed by atoms with E-state index >= 15 is 0 Å². The van der Waals surface area contributed by atoms with Crippen LogP contribution in [-0.4, -0.2) is 30.8 Å². The lowest BCUT2D eigenvalue weighted by Crippen LogP contribution is -2.38. The van der Waals surface area contributed by atoms with Gasteiger partial charge in [-0.25, -0.2) is 8.42 Å². The largest absolute Gasteiger partial charge is 0.435 e. The highest BCUT2D eigenvalue weighted by Gasteiger charge is 2.34. The molecule has 2 heterocycles. The van der Waals surface area contributed by atoms with Gasteiger partial charge in [0.15, 0.2) is 5.76 Å². The predicted octanol–water partition coefficient (Wildman–Crippen LogP) is 5.08. The molecule has 0 spiro atoms. The third kappa shape index (κ3) is 3.72. The van der Waals surface area contributed by atoms with Crippen LogP contribution in [0.1, 0.15) is 19.8 Å². The number of hydrogen-bond acceptors (Lipinski definition) is 4. The van der Waals surface area contributed by atoms with E-state index in [1.807, 2.05) is 30.3 Å². The van der Waals surface area contributed by atoms with Crippen molar-refractivity contribution < 1.29 is 12.8 Å². The van der Waals surface area contributed by atoms with Gasteiger partial charge in [0, 0.05) is 29.2 Å². The van der Waals surface area contributed by atoms with Gasteiger partial charge in [-0.3, -0.25) is 0 Å². The number of benzene rings is 2. The summed E-state index contributed by atoms with van der Waals surface area (Å²) >= 11 is 5.99. The predicted molar refractivity (Wildman–Crippen MR) is 110 cm³/mol.